The number of carbonyl (C=O) groups is 1. The maximum Gasteiger partial charge on any atom is 0.263 e. The number of hydrogen-bond donors (Lipinski definition) is 1. The highest BCUT2D eigenvalue weighted by molar-refractivity contribution is 6.07. The van der Waals surface area contributed by atoms with E-state index in [1.807, 2.05) is 0 Å². The number of hydrogen-bond acceptors (Lipinski definition) is 5. The SMILES string of the molecule is O=C(Nc1ncn(Cc2ccc(F)cc2)n1)c1cnn2cccnc12. The van der Waals surface area contributed by atoms with Gasteiger partial charge in [-0.1, -0.05) is 12.1 Å². The van der Waals surface area contributed by atoms with E-state index in [0.29, 0.717) is 17.8 Å². The molecule has 0 aliphatic rings. The van der Waals surface area contributed by atoms with E-state index in [4.69, 9.17) is 0 Å². The van der Waals surface area contributed by atoms with Crippen molar-refractivity contribution < 1.29 is 9.18 Å². The van der Waals surface area contributed by atoms with Crippen LogP contribution in [0.25, 0.3) is 5.65 Å². The molecule has 1 amide bonds. The minimum Gasteiger partial charge on any atom is -0.289 e. The summed E-state index contributed by atoms with van der Waals surface area (Å²) in [5.74, 6) is -0.520. The topological polar surface area (TPSA) is 90.0 Å². The summed E-state index contributed by atoms with van der Waals surface area (Å²) in [5.41, 5.74) is 1.65. The van der Waals surface area contributed by atoms with Crippen LogP contribution in [0.2, 0.25) is 0 Å². The first kappa shape index (κ1) is 14.9. The van der Waals surface area contributed by atoms with Gasteiger partial charge in [0.15, 0.2) is 5.65 Å². The van der Waals surface area contributed by atoms with E-state index in [9.17, 15) is 9.18 Å². The Morgan fingerprint density at radius 3 is 2.88 bits per heavy atom. The number of amides is 1. The lowest BCUT2D eigenvalue weighted by Gasteiger charge is -2.01. The number of nitrogens with one attached hydrogen (secondary N) is 1. The molecule has 1 N–H and O–H groups in total. The van der Waals surface area contributed by atoms with Gasteiger partial charge in [-0.25, -0.2) is 23.6 Å². The normalized spacial score (nSPS) is 10.9. The van der Waals surface area contributed by atoms with Crippen LogP contribution >= 0.6 is 0 Å². The first-order valence-corrected chi connectivity index (χ1v) is 7.43. The lowest BCUT2D eigenvalue weighted by atomic mass is 10.2. The fourth-order valence-electron chi connectivity index (χ4n) is 2.36. The van der Waals surface area contributed by atoms with Gasteiger partial charge in [0.05, 0.1) is 12.7 Å². The lowest BCUT2D eigenvalue weighted by Crippen LogP contribution is -2.13. The zero-order chi connectivity index (χ0) is 17.2. The largest absolute Gasteiger partial charge is 0.289 e. The minimum absolute atomic E-state index is 0.169. The summed E-state index contributed by atoms with van der Waals surface area (Å²) in [6.45, 7) is 0.418. The molecule has 9 heteroatoms. The van der Waals surface area contributed by atoms with Crippen LogP contribution in [0.4, 0.5) is 10.3 Å². The lowest BCUT2D eigenvalue weighted by molar-refractivity contribution is 0.102. The summed E-state index contributed by atoms with van der Waals surface area (Å²) < 4.78 is 16.0. The van der Waals surface area contributed by atoms with Gasteiger partial charge in [0, 0.05) is 12.4 Å². The number of nitrogens with zero attached hydrogens (tertiary/aromatic N) is 6. The predicted octanol–water partition coefficient (Wildman–Crippen LogP) is 1.76. The molecule has 1 aromatic carbocycles. The van der Waals surface area contributed by atoms with Crippen molar-refractivity contribution in [2.24, 2.45) is 0 Å². The van der Waals surface area contributed by atoms with E-state index >= 15 is 0 Å². The van der Waals surface area contributed by atoms with Crippen molar-refractivity contribution in [1.29, 1.82) is 0 Å². The fraction of sp³-hybridized carbons (Fsp3) is 0.0625. The van der Waals surface area contributed by atoms with Crippen LogP contribution in [0.1, 0.15) is 15.9 Å². The molecule has 0 atom stereocenters. The highest BCUT2D eigenvalue weighted by Crippen LogP contribution is 2.10. The van der Waals surface area contributed by atoms with Crippen LogP contribution < -0.4 is 5.32 Å². The molecular weight excluding hydrogens is 325 g/mol. The fourth-order valence-corrected chi connectivity index (χ4v) is 2.36. The molecule has 3 heterocycles. The van der Waals surface area contributed by atoms with Crippen molar-refractivity contribution in [3.63, 3.8) is 0 Å². The summed E-state index contributed by atoms with van der Waals surface area (Å²) in [4.78, 5) is 20.6. The molecule has 124 valence electrons. The molecule has 0 unspecified atom stereocenters. The summed E-state index contributed by atoms with van der Waals surface area (Å²) >= 11 is 0. The number of benzene rings is 1. The van der Waals surface area contributed by atoms with Crippen LogP contribution in [0.15, 0.2) is 55.2 Å². The Kier molecular flexibility index (Phi) is 3.65. The second-order valence-electron chi connectivity index (χ2n) is 5.29. The molecule has 0 aliphatic carbocycles. The Morgan fingerprint density at radius 1 is 1.20 bits per heavy atom. The highest BCUT2D eigenvalue weighted by Gasteiger charge is 2.15. The third-order valence-corrected chi connectivity index (χ3v) is 3.54. The van der Waals surface area contributed by atoms with E-state index in [1.165, 1.54) is 29.2 Å². The Bertz CT molecular complexity index is 1040. The number of aromatic nitrogens is 6. The average Bonchev–Trinajstić information content (AvgIpc) is 3.23. The highest BCUT2D eigenvalue weighted by atomic mass is 19.1. The molecule has 3 aromatic heterocycles. The predicted molar refractivity (Wildman–Crippen MR) is 86.5 cm³/mol. The first-order chi connectivity index (χ1) is 12.2. The number of fused-ring (bicyclic) bond motifs is 1. The average molecular weight is 337 g/mol. The van der Waals surface area contributed by atoms with E-state index in [0.717, 1.165) is 5.56 Å². The maximum absolute atomic E-state index is 12.9. The van der Waals surface area contributed by atoms with Gasteiger partial charge in [0.25, 0.3) is 5.91 Å². The van der Waals surface area contributed by atoms with Gasteiger partial charge in [0.1, 0.15) is 17.7 Å². The van der Waals surface area contributed by atoms with Crippen LogP contribution in [0, 0.1) is 5.82 Å². The summed E-state index contributed by atoms with van der Waals surface area (Å²) in [5, 5.41) is 10.9. The quantitative estimate of drug-likeness (QED) is 0.613. The molecule has 0 radical (unpaired) electrons. The molecule has 0 aliphatic heterocycles. The van der Waals surface area contributed by atoms with Crippen LogP contribution in [-0.4, -0.2) is 35.3 Å². The van der Waals surface area contributed by atoms with Gasteiger partial charge < -0.3 is 0 Å². The molecule has 0 bridgehead atoms. The van der Waals surface area contributed by atoms with Crippen LogP contribution in [0.3, 0.4) is 0 Å². The Hall–Kier alpha value is -3.62. The molecule has 0 saturated carbocycles. The van der Waals surface area contributed by atoms with Crippen molar-refractivity contribution in [3.05, 3.63) is 72.2 Å². The second kappa shape index (κ2) is 6.11. The third kappa shape index (κ3) is 3.07. The van der Waals surface area contributed by atoms with Gasteiger partial charge in [-0.2, -0.15) is 5.10 Å². The molecule has 8 nitrogen and oxygen atoms in total. The number of rotatable bonds is 4. The van der Waals surface area contributed by atoms with Crippen molar-refractivity contribution in [1.82, 2.24) is 29.4 Å². The minimum atomic E-state index is -0.395. The van der Waals surface area contributed by atoms with Crippen LogP contribution in [-0.2, 0) is 6.54 Å². The molecule has 4 rings (SSSR count). The van der Waals surface area contributed by atoms with Crippen LogP contribution in [0.5, 0.6) is 0 Å². The van der Waals surface area contributed by atoms with E-state index in [-0.39, 0.29) is 11.8 Å². The molecule has 4 aromatic rings. The van der Waals surface area contributed by atoms with Crippen molar-refractivity contribution in [3.8, 4) is 0 Å². The Labute approximate surface area is 141 Å². The smallest absolute Gasteiger partial charge is 0.263 e. The molecule has 0 spiro atoms. The molecule has 25 heavy (non-hydrogen) atoms. The molecule has 0 saturated heterocycles. The maximum atomic E-state index is 12.9. The Balaban J connectivity index is 1.49. The summed E-state index contributed by atoms with van der Waals surface area (Å²) in [7, 11) is 0. The van der Waals surface area contributed by atoms with Crippen molar-refractivity contribution >= 4 is 17.5 Å². The van der Waals surface area contributed by atoms with Gasteiger partial charge >= 0.3 is 0 Å². The molecular formula is C16H12FN7O. The zero-order valence-corrected chi connectivity index (χ0v) is 12.9. The second-order valence-corrected chi connectivity index (χ2v) is 5.29. The van der Waals surface area contributed by atoms with Crippen molar-refractivity contribution in [2.45, 2.75) is 6.54 Å². The summed E-state index contributed by atoms with van der Waals surface area (Å²) in [6.07, 6.45) is 6.22. The monoisotopic (exact) mass is 337 g/mol. The van der Waals surface area contributed by atoms with E-state index < -0.39 is 5.91 Å². The first-order valence-electron chi connectivity index (χ1n) is 7.43. The van der Waals surface area contributed by atoms with Gasteiger partial charge in [0.2, 0.25) is 5.95 Å². The number of anilines is 1. The van der Waals surface area contributed by atoms with Gasteiger partial charge in [-0.3, -0.25) is 10.1 Å². The van der Waals surface area contributed by atoms with E-state index in [1.54, 1.807) is 35.3 Å². The summed E-state index contributed by atoms with van der Waals surface area (Å²) in [6, 6.07) is 7.82. The Morgan fingerprint density at radius 2 is 2.04 bits per heavy atom. The van der Waals surface area contributed by atoms with Crippen molar-refractivity contribution in [2.75, 3.05) is 5.32 Å². The number of carbonyl (C=O) groups excluding carboxylic acids is 1. The standard InChI is InChI=1S/C16H12FN7O/c17-12-4-2-11(3-5-12)9-23-10-19-16(22-23)21-15(25)13-8-20-24-7-1-6-18-14(13)24/h1-8,10H,9H2,(H,21,22,25). The van der Waals surface area contributed by atoms with Gasteiger partial charge in [-0.15, -0.1) is 5.10 Å². The molecule has 0 fully saturated rings. The van der Waals surface area contributed by atoms with E-state index in [2.05, 4.69) is 25.5 Å². The zero-order valence-electron chi connectivity index (χ0n) is 12.9. The van der Waals surface area contributed by atoms with Gasteiger partial charge in [-0.05, 0) is 23.8 Å². The third-order valence-electron chi connectivity index (χ3n) is 3.54. The number of halogens is 1.